The summed E-state index contributed by atoms with van der Waals surface area (Å²) in [5.41, 5.74) is 3.78. The van der Waals surface area contributed by atoms with E-state index in [1.165, 1.54) is 16.8 Å². The summed E-state index contributed by atoms with van der Waals surface area (Å²) < 4.78 is 10.1. The van der Waals surface area contributed by atoms with Crippen molar-refractivity contribution in [2.45, 2.75) is 19.6 Å². The SMILES string of the molecule is CN(Cc1ccc(N2CCOCC2)cc1)Cn1nc(Cc2ccccc2)n(C)c1=S. The third-order valence-electron chi connectivity index (χ3n) is 5.48. The lowest BCUT2D eigenvalue weighted by Crippen LogP contribution is -2.36. The molecule has 6 nitrogen and oxygen atoms in total. The number of hydrogen-bond donors (Lipinski definition) is 0. The van der Waals surface area contributed by atoms with Gasteiger partial charge in [-0.3, -0.25) is 4.90 Å². The van der Waals surface area contributed by atoms with Gasteiger partial charge in [-0.15, -0.1) is 0 Å². The molecule has 2 heterocycles. The van der Waals surface area contributed by atoms with E-state index in [0.29, 0.717) is 6.67 Å². The molecule has 1 aliphatic rings. The lowest BCUT2D eigenvalue weighted by atomic mass is 10.1. The Bertz CT molecular complexity index is 1010. The van der Waals surface area contributed by atoms with Crippen molar-refractivity contribution in [2.24, 2.45) is 7.05 Å². The van der Waals surface area contributed by atoms with Crippen LogP contribution in [0, 0.1) is 4.77 Å². The van der Waals surface area contributed by atoms with Crippen LogP contribution in [-0.4, -0.2) is 52.6 Å². The van der Waals surface area contributed by atoms with Crippen LogP contribution in [-0.2, 0) is 31.4 Å². The molecule has 0 radical (unpaired) electrons. The minimum atomic E-state index is 0.659. The Kier molecular flexibility index (Phi) is 6.62. The highest BCUT2D eigenvalue weighted by Crippen LogP contribution is 2.17. The zero-order chi connectivity index (χ0) is 20.9. The summed E-state index contributed by atoms with van der Waals surface area (Å²) in [6.45, 7) is 5.04. The van der Waals surface area contributed by atoms with E-state index in [2.05, 4.69) is 65.4 Å². The van der Waals surface area contributed by atoms with Crippen molar-refractivity contribution < 1.29 is 4.74 Å². The van der Waals surface area contributed by atoms with Gasteiger partial charge in [0.05, 0.1) is 19.9 Å². The van der Waals surface area contributed by atoms with Crippen LogP contribution in [0.2, 0.25) is 0 Å². The minimum absolute atomic E-state index is 0.659. The first-order chi connectivity index (χ1) is 14.6. The summed E-state index contributed by atoms with van der Waals surface area (Å²) >= 11 is 5.62. The van der Waals surface area contributed by atoms with Gasteiger partial charge >= 0.3 is 0 Å². The Morgan fingerprint density at radius 3 is 2.40 bits per heavy atom. The predicted molar refractivity (Wildman–Crippen MR) is 122 cm³/mol. The second-order valence-corrected chi connectivity index (χ2v) is 8.21. The van der Waals surface area contributed by atoms with Crippen molar-refractivity contribution in [2.75, 3.05) is 38.3 Å². The van der Waals surface area contributed by atoms with E-state index in [-0.39, 0.29) is 0 Å². The van der Waals surface area contributed by atoms with Crippen LogP contribution in [0.15, 0.2) is 54.6 Å². The Labute approximate surface area is 183 Å². The van der Waals surface area contributed by atoms with Crippen molar-refractivity contribution in [3.05, 3.63) is 76.3 Å². The van der Waals surface area contributed by atoms with Gasteiger partial charge in [-0.2, -0.15) is 5.10 Å². The molecule has 0 amide bonds. The molecule has 0 spiro atoms. The van der Waals surface area contributed by atoms with Gasteiger partial charge in [-0.25, -0.2) is 4.68 Å². The molecule has 0 bridgehead atoms. The normalized spacial score (nSPS) is 14.4. The van der Waals surface area contributed by atoms with Crippen LogP contribution in [0.5, 0.6) is 0 Å². The number of benzene rings is 2. The molecular weight excluding hydrogens is 394 g/mol. The molecule has 30 heavy (non-hydrogen) atoms. The van der Waals surface area contributed by atoms with E-state index < -0.39 is 0 Å². The summed E-state index contributed by atoms with van der Waals surface area (Å²) in [6, 6.07) is 19.2. The van der Waals surface area contributed by atoms with Gasteiger partial charge in [0.15, 0.2) is 4.77 Å². The molecule has 158 valence electrons. The van der Waals surface area contributed by atoms with Crippen molar-refractivity contribution in [1.29, 1.82) is 0 Å². The maximum Gasteiger partial charge on any atom is 0.198 e. The molecule has 0 saturated carbocycles. The molecule has 0 N–H and O–H groups in total. The highest BCUT2D eigenvalue weighted by Gasteiger charge is 2.12. The quantitative estimate of drug-likeness (QED) is 0.544. The molecule has 1 aliphatic heterocycles. The molecule has 0 atom stereocenters. The van der Waals surface area contributed by atoms with Crippen LogP contribution in [0.1, 0.15) is 17.0 Å². The average molecular weight is 424 g/mol. The fourth-order valence-electron chi connectivity index (χ4n) is 3.78. The first kappa shape index (κ1) is 20.8. The summed E-state index contributed by atoms with van der Waals surface area (Å²) in [5, 5.41) is 4.78. The summed E-state index contributed by atoms with van der Waals surface area (Å²) in [4.78, 5) is 4.61. The second-order valence-electron chi connectivity index (χ2n) is 7.84. The number of nitrogens with zero attached hydrogens (tertiary/aromatic N) is 5. The summed E-state index contributed by atoms with van der Waals surface area (Å²) in [7, 11) is 4.09. The Morgan fingerprint density at radius 2 is 1.70 bits per heavy atom. The fourth-order valence-corrected chi connectivity index (χ4v) is 3.99. The van der Waals surface area contributed by atoms with Crippen LogP contribution in [0.3, 0.4) is 0 Å². The highest BCUT2D eigenvalue weighted by molar-refractivity contribution is 7.71. The number of rotatable bonds is 7. The zero-order valence-corrected chi connectivity index (χ0v) is 18.5. The van der Waals surface area contributed by atoms with Crippen molar-refractivity contribution >= 4 is 17.9 Å². The van der Waals surface area contributed by atoms with Gasteiger partial charge in [-0.1, -0.05) is 42.5 Å². The molecule has 1 fully saturated rings. The largest absolute Gasteiger partial charge is 0.378 e. The van der Waals surface area contributed by atoms with E-state index in [0.717, 1.165) is 49.9 Å². The fraction of sp³-hybridized carbons (Fsp3) is 0.391. The molecule has 1 aromatic heterocycles. The standard InChI is InChI=1S/C23H29N5OS/c1-25(17-20-8-10-21(11-9-20)27-12-14-29-15-13-27)18-28-23(30)26(2)22(24-28)16-19-6-4-3-5-7-19/h3-11H,12-18H2,1-2H3. The molecule has 4 rings (SSSR count). The highest BCUT2D eigenvalue weighted by atomic mass is 32.1. The third kappa shape index (κ3) is 4.98. The number of anilines is 1. The summed E-state index contributed by atoms with van der Waals surface area (Å²) in [5.74, 6) is 0.981. The smallest absolute Gasteiger partial charge is 0.198 e. The van der Waals surface area contributed by atoms with Crippen LogP contribution in [0.4, 0.5) is 5.69 Å². The lowest BCUT2D eigenvalue weighted by Gasteiger charge is -2.29. The number of hydrogen-bond acceptors (Lipinski definition) is 5. The van der Waals surface area contributed by atoms with Gasteiger partial charge in [-0.05, 0) is 42.5 Å². The molecule has 0 aliphatic carbocycles. The minimum Gasteiger partial charge on any atom is -0.378 e. The van der Waals surface area contributed by atoms with E-state index in [4.69, 9.17) is 22.1 Å². The monoisotopic (exact) mass is 423 g/mol. The summed E-state index contributed by atoms with van der Waals surface area (Å²) in [6.07, 6.45) is 0.778. The van der Waals surface area contributed by atoms with Crippen LogP contribution < -0.4 is 4.90 Å². The second kappa shape index (κ2) is 9.55. The van der Waals surface area contributed by atoms with Gasteiger partial charge in [0.1, 0.15) is 5.82 Å². The molecule has 7 heteroatoms. The Morgan fingerprint density at radius 1 is 1.00 bits per heavy atom. The van der Waals surface area contributed by atoms with Crippen molar-refractivity contribution in [3.8, 4) is 0 Å². The van der Waals surface area contributed by atoms with Crippen molar-refractivity contribution in [1.82, 2.24) is 19.2 Å². The molecule has 2 aromatic carbocycles. The van der Waals surface area contributed by atoms with E-state index in [9.17, 15) is 0 Å². The average Bonchev–Trinajstić information content (AvgIpc) is 3.03. The molecule has 0 unspecified atom stereocenters. The topological polar surface area (TPSA) is 38.5 Å². The molecule has 1 saturated heterocycles. The molecular formula is C23H29N5OS. The maximum atomic E-state index is 5.62. The third-order valence-corrected chi connectivity index (χ3v) is 5.96. The predicted octanol–water partition coefficient (Wildman–Crippen LogP) is 3.47. The first-order valence-corrected chi connectivity index (χ1v) is 10.8. The van der Waals surface area contributed by atoms with Crippen molar-refractivity contribution in [3.63, 3.8) is 0 Å². The van der Waals surface area contributed by atoms with Gasteiger partial charge < -0.3 is 14.2 Å². The van der Waals surface area contributed by atoms with Crippen LogP contribution >= 0.6 is 12.2 Å². The van der Waals surface area contributed by atoms with E-state index in [1.807, 2.05) is 22.4 Å². The number of ether oxygens (including phenoxy) is 1. The number of aromatic nitrogens is 3. The van der Waals surface area contributed by atoms with Crippen LogP contribution in [0.25, 0.3) is 0 Å². The maximum absolute atomic E-state index is 5.62. The van der Waals surface area contributed by atoms with Gasteiger partial charge in [0, 0.05) is 38.8 Å². The van der Waals surface area contributed by atoms with E-state index >= 15 is 0 Å². The zero-order valence-electron chi connectivity index (χ0n) is 17.7. The van der Waals surface area contributed by atoms with Gasteiger partial charge in [0.25, 0.3) is 0 Å². The van der Waals surface area contributed by atoms with E-state index in [1.54, 1.807) is 0 Å². The first-order valence-electron chi connectivity index (χ1n) is 10.4. The number of morpholine rings is 1. The Balaban J connectivity index is 1.38. The molecule has 3 aromatic rings. The van der Waals surface area contributed by atoms with Gasteiger partial charge in [0.2, 0.25) is 0 Å². The lowest BCUT2D eigenvalue weighted by molar-refractivity contribution is 0.122. The Hall–Kier alpha value is -2.48.